The minimum absolute atomic E-state index is 0.00252. The summed E-state index contributed by atoms with van der Waals surface area (Å²) in [4.78, 5) is 46.7. The Balaban J connectivity index is 1.57. The number of hydrogen-bond donors (Lipinski definition) is 2. The second kappa shape index (κ2) is 11.5. The van der Waals surface area contributed by atoms with Crippen molar-refractivity contribution < 1.29 is 27.5 Å². The molecule has 1 atom stereocenters. The van der Waals surface area contributed by atoms with Gasteiger partial charge in [0, 0.05) is 31.2 Å². The first-order valence-corrected chi connectivity index (χ1v) is 14.4. The van der Waals surface area contributed by atoms with Crippen LogP contribution in [0.15, 0.2) is 23.0 Å². The maximum Gasteiger partial charge on any atom is 0.416 e. The van der Waals surface area contributed by atoms with Crippen molar-refractivity contribution in [2.45, 2.75) is 77.2 Å². The molecule has 2 aliphatic rings. The van der Waals surface area contributed by atoms with Gasteiger partial charge in [0.15, 0.2) is 5.82 Å². The number of hydrogen-bond acceptors (Lipinski definition) is 7. The highest BCUT2D eigenvalue weighted by molar-refractivity contribution is 6.33. The fraction of sp³-hybridized carbons (Fsp3) is 0.536. The standard InChI is InChI=1S/C28H33ClF3N7O4/c1-5-19-22(20-13-33-10-11-37(20)26(42)43-27(2,3)4)24(41)39-25(35-23(36-39)15-6-7-15)38(19)14-21(40)34-18-9-8-16(12-17(18)29)28(30,31)32/h8-9,12,15,20,33H,5-7,10-11,13-14H2,1-4H3,(H,34,40). The number of alkyl halides is 3. The lowest BCUT2D eigenvalue weighted by Crippen LogP contribution is -2.52. The van der Waals surface area contributed by atoms with Crippen molar-refractivity contribution in [1.82, 2.24) is 29.4 Å². The van der Waals surface area contributed by atoms with E-state index in [1.54, 1.807) is 25.3 Å². The molecule has 2 amide bonds. The summed E-state index contributed by atoms with van der Waals surface area (Å²) in [6, 6.07) is 1.94. The third kappa shape index (κ3) is 6.49. The molecule has 1 unspecified atom stereocenters. The molecule has 1 saturated carbocycles. The highest BCUT2D eigenvalue weighted by Crippen LogP contribution is 2.38. The number of carbonyl (C=O) groups is 2. The molecular formula is C28H33ClF3N7O4. The maximum absolute atomic E-state index is 14.0. The zero-order valence-corrected chi connectivity index (χ0v) is 25.0. The van der Waals surface area contributed by atoms with Crippen LogP contribution < -0.4 is 16.2 Å². The zero-order valence-electron chi connectivity index (χ0n) is 24.2. The van der Waals surface area contributed by atoms with Gasteiger partial charge in [-0.15, -0.1) is 5.10 Å². The van der Waals surface area contributed by atoms with Gasteiger partial charge in [-0.3, -0.25) is 14.5 Å². The van der Waals surface area contributed by atoms with Gasteiger partial charge < -0.3 is 19.9 Å². The number of nitrogens with zero attached hydrogens (tertiary/aromatic N) is 5. The van der Waals surface area contributed by atoms with Crippen LogP contribution in [0, 0.1) is 0 Å². The summed E-state index contributed by atoms with van der Waals surface area (Å²) in [5.74, 6) is 0.154. The van der Waals surface area contributed by atoms with Crippen molar-refractivity contribution in [3.63, 3.8) is 0 Å². The molecule has 0 radical (unpaired) electrons. The van der Waals surface area contributed by atoms with E-state index in [0.29, 0.717) is 24.5 Å². The van der Waals surface area contributed by atoms with Crippen molar-refractivity contribution in [2.75, 3.05) is 25.0 Å². The number of ether oxygens (including phenoxy) is 1. The maximum atomic E-state index is 14.0. The number of fused-ring (bicyclic) bond motifs is 1. The third-order valence-electron chi connectivity index (χ3n) is 7.26. The lowest BCUT2D eigenvalue weighted by Gasteiger charge is -2.38. The third-order valence-corrected chi connectivity index (χ3v) is 7.57. The predicted octanol–water partition coefficient (Wildman–Crippen LogP) is 4.52. The van der Waals surface area contributed by atoms with Crippen LogP contribution in [0.4, 0.5) is 23.7 Å². The molecule has 2 fully saturated rings. The number of aromatic nitrogens is 4. The number of anilines is 1. The molecule has 232 valence electrons. The van der Waals surface area contributed by atoms with E-state index >= 15 is 0 Å². The fourth-order valence-electron chi connectivity index (χ4n) is 5.16. The lowest BCUT2D eigenvalue weighted by atomic mass is 10.0. The summed E-state index contributed by atoms with van der Waals surface area (Å²) in [6.45, 7) is 7.81. The Kier molecular flexibility index (Phi) is 8.20. The summed E-state index contributed by atoms with van der Waals surface area (Å²) in [6.07, 6.45) is -3.10. The van der Waals surface area contributed by atoms with Gasteiger partial charge in [0.2, 0.25) is 11.7 Å². The summed E-state index contributed by atoms with van der Waals surface area (Å²) in [5, 5.41) is 10.0. The van der Waals surface area contributed by atoms with Gasteiger partial charge in [-0.25, -0.2) is 4.79 Å². The Morgan fingerprint density at radius 3 is 2.53 bits per heavy atom. The molecule has 15 heteroatoms. The number of piperazine rings is 1. The number of carbonyl (C=O) groups excluding carboxylic acids is 2. The van der Waals surface area contributed by atoms with Crippen LogP contribution in [-0.4, -0.2) is 61.3 Å². The van der Waals surface area contributed by atoms with E-state index in [9.17, 15) is 27.6 Å². The van der Waals surface area contributed by atoms with Crippen molar-refractivity contribution in [3.8, 4) is 0 Å². The van der Waals surface area contributed by atoms with Gasteiger partial charge in [-0.2, -0.15) is 22.7 Å². The molecule has 11 nitrogen and oxygen atoms in total. The lowest BCUT2D eigenvalue weighted by molar-refractivity contribution is -0.137. The molecule has 0 spiro atoms. The van der Waals surface area contributed by atoms with E-state index in [1.807, 2.05) is 6.92 Å². The van der Waals surface area contributed by atoms with Crippen molar-refractivity contribution in [3.05, 3.63) is 56.2 Å². The van der Waals surface area contributed by atoms with Crippen molar-refractivity contribution in [1.29, 1.82) is 0 Å². The largest absolute Gasteiger partial charge is 0.444 e. The minimum atomic E-state index is -4.59. The van der Waals surface area contributed by atoms with Crippen molar-refractivity contribution >= 4 is 35.1 Å². The van der Waals surface area contributed by atoms with Crippen LogP contribution in [-0.2, 0) is 28.7 Å². The Morgan fingerprint density at radius 2 is 1.93 bits per heavy atom. The van der Waals surface area contributed by atoms with Gasteiger partial charge >= 0.3 is 12.3 Å². The Morgan fingerprint density at radius 1 is 1.21 bits per heavy atom. The van der Waals surface area contributed by atoms with Gasteiger partial charge in [0.05, 0.1) is 27.9 Å². The van der Waals surface area contributed by atoms with Crippen LogP contribution in [0.25, 0.3) is 5.78 Å². The summed E-state index contributed by atoms with van der Waals surface area (Å²) in [7, 11) is 0. The quantitative estimate of drug-likeness (QED) is 0.414. The smallest absolute Gasteiger partial charge is 0.416 e. The second-order valence-electron chi connectivity index (χ2n) is 11.7. The first-order valence-electron chi connectivity index (χ1n) is 14.1. The Labute approximate surface area is 250 Å². The molecule has 3 heterocycles. The topological polar surface area (TPSA) is 123 Å². The normalized spacial score (nSPS) is 17.8. The molecule has 1 aliphatic heterocycles. The van der Waals surface area contributed by atoms with Crippen LogP contribution in [0.5, 0.6) is 0 Å². The number of halogens is 4. The van der Waals surface area contributed by atoms with Gasteiger partial charge in [-0.05, 0) is 58.2 Å². The van der Waals surface area contributed by atoms with Crippen LogP contribution in [0.1, 0.15) is 75.1 Å². The summed E-state index contributed by atoms with van der Waals surface area (Å²) >= 11 is 6.07. The first kappa shape index (κ1) is 30.8. The van der Waals surface area contributed by atoms with Crippen LogP contribution in [0.2, 0.25) is 5.02 Å². The van der Waals surface area contributed by atoms with E-state index in [0.717, 1.165) is 31.0 Å². The molecule has 0 bridgehead atoms. The fourth-order valence-corrected chi connectivity index (χ4v) is 5.39. The average Bonchev–Trinajstić information content (AvgIpc) is 3.67. The monoisotopic (exact) mass is 623 g/mol. The average molecular weight is 624 g/mol. The highest BCUT2D eigenvalue weighted by Gasteiger charge is 2.37. The molecule has 1 aliphatic carbocycles. The summed E-state index contributed by atoms with van der Waals surface area (Å²) < 4.78 is 47.7. The molecule has 2 aromatic heterocycles. The van der Waals surface area contributed by atoms with Crippen LogP contribution >= 0.6 is 11.6 Å². The number of benzene rings is 1. The van der Waals surface area contributed by atoms with E-state index in [2.05, 4.69) is 20.7 Å². The molecule has 43 heavy (non-hydrogen) atoms. The van der Waals surface area contributed by atoms with Crippen LogP contribution in [0.3, 0.4) is 0 Å². The number of amides is 2. The Hall–Kier alpha value is -3.65. The molecule has 3 aromatic rings. The van der Waals surface area contributed by atoms with Gasteiger partial charge in [0.25, 0.3) is 5.56 Å². The number of rotatable bonds is 6. The SMILES string of the molecule is CCc1c(C2CNCCN2C(=O)OC(C)(C)C)c(=O)n2nc(C3CC3)nc2n1CC(=O)Nc1ccc(C(F)(F)F)cc1Cl. The predicted molar refractivity (Wildman–Crippen MR) is 152 cm³/mol. The van der Waals surface area contributed by atoms with Crippen molar-refractivity contribution in [2.24, 2.45) is 0 Å². The van der Waals surface area contributed by atoms with Gasteiger partial charge in [-0.1, -0.05) is 18.5 Å². The van der Waals surface area contributed by atoms with Gasteiger partial charge in [0.1, 0.15) is 12.1 Å². The van der Waals surface area contributed by atoms with E-state index < -0.39 is 40.9 Å². The minimum Gasteiger partial charge on any atom is -0.444 e. The molecule has 1 aromatic carbocycles. The second-order valence-corrected chi connectivity index (χ2v) is 12.1. The van der Waals surface area contributed by atoms with E-state index in [1.165, 1.54) is 9.42 Å². The summed E-state index contributed by atoms with van der Waals surface area (Å²) in [5.41, 5.74) is -1.39. The molecular weight excluding hydrogens is 591 g/mol. The molecule has 1 saturated heterocycles. The molecule has 5 rings (SSSR count). The Bertz CT molecular complexity index is 1630. The molecule has 2 N–H and O–H groups in total. The first-order chi connectivity index (χ1) is 20.2. The van der Waals surface area contributed by atoms with E-state index in [-0.39, 0.29) is 47.6 Å². The zero-order chi connectivity index (χ0) is 31.3. The van der Waals surface area contributed by atoms with E-state index in [4.69, 9.17) is 16.3 Å². The highest BCUT2D eigenvalue weighted by atomic mass is 35.5. The number of nitrogens with one attached hydrogen (secondary N) is 2.